The van der Waals surface area contributed by atoms with Gasteiger partial charge in [0.1, 0.15) is 5.69 Å². The first-order valence-corrected chi connectivity index (χ1v) is 11.2. The van der Waals surface area contributed by atoms with E-state index in [2.05, 4.69) is 15.2 Å². The summed E-state index contributed by atoms with van der Waals surface area (Å²) in [4.78, 5) is 19.2. The highest BCUT2D eigenvalue weighted by Gasteiger charge is 2.27. The number of carbonyl (C=O) groups excluding carboxylic acids is 1. The number of benzene rings is 1. The van der Waals surface area contributed by atoms with Crippen molar-refractivity contribution in [1.29, 1.82) is 0 Å². The molecule has 154 valence electrons. The molecular formula is C20H24N4O4S. The second kappa shape index (κ2) is 8.48. The minimum absolute atomic E-state index is 0.241. The van der Waals surface area contributed by atoms with E-state index in [0.29, 0.717) is 37.7 Å². The van der Waals surface area contributed by atoms with Gasteiger partial charge in [0, 0.05) is 43.8 Å². The molecule has 0 aliphatic carbocycles. The maximum absolute atomic E-state index is 12.6. The lowest BCUT2D eigenvalue weighted by Crippen LogP contribution is -2.36. The summed E-state index contributed by atoms with van der Waals surface area (Å²) in [7, 11) is -3.46. The molecule has 2 aromatic rings. The highest BCUT2D eigenvalue weighted by molar-refractivity contribution is 7.89. The fraction of sp³-hybridized carbons (Fsp3) is 0.400. The summed E-state index contributed by atoms with van der Waals surface area (Å²) >= 11 is 0. The highest BCUT2D eigenvalue weighted by Crippen LogP contribution is 2.23. The third kappa shape index (κ3) is 4.42. The zero-order chi connectivity index (χ0) is 20.3. The molecule has 8 nitrogen and oxygen atoms in total. The summed E-state index contributed by atoms with van der Waals surface area (Å²) in [6.45, 7) is 4.00. The number of pyridine rings is 1. The number of anilines is 2. The third-order valence-corrected chi connectivity index (χ3v) is 7.08. The van der Waals surface area contributed by atoms with Gasteiger partial charge in [-0.3, -0.25) is 9.78 Å². The molecular weight excluding hydrogens is 392 g/mol. The summed E-state index contributed by atoms with van der Waals surface area (Å²) in [5.41, 5.74) is 1.76. The second-order valence-corrected chi connectivity index (χ2v) is 9.03. The molecule has 2 aliphatic rings. The SMILES string of the molecule is O=C(Nc1ccc(S(=O)(=O)N2CCCC2)cc1)c1cc(N2CCOCC2)ccn1. The minimum atomic E-state index is -3.46. The van der Waals surface area contributed by atoms with Gasteiger partial charge in [0.2, 0.25) is 10.0 Å². The zero-order valence-corrected chi connectivity index (χ0v) is 16.9. The average Bonchev–Trinajstić information content (AvgIpc) is 3.31. The fourth-order valence-electron chi connectivity index (χ4n) is 3.54. The molecule has 0 spiro atoms. The topological polar surface area (TPSA) is 91.8 Å². The van der Waals surface area contributed by atoms with E-state index in [1.165, 1.54) is 16.4 Å². The number of hydrogen-bond donors (Lipinski definition) is 1. The summed E-state index contributed by atoms with van der Waals surface area (Å²) in [6.07, 6.45) is 3.40. The Hall–Kier alpha value is -2.49. The van der Waals surface area contributed by atoms with Crippen LogP contribution in [0.1, 0.15) is 23.3 Å². The van der Waals surface area contributed by atoms with Gasteiger partial charge in [-0.1, -0.05) is 0 Å². The van der Waals surface area contributed by atoms with E-state index in [4.69, 9.17) is 4.74 Å². The van der Waals surface area contributed by atoms with E-state index in [1.807, 2.05) is 6.07 Å². The van der Waals surface area contributed by atoms with Crippen molar-refractivity contribution in [3.8, 4) is 0 Å². The summed E-state index contributed by atoms with van der Waals surface area (Å²) in [5, 5.41) is 2.78. The molecule has 2 fully saturated rings. The van der Waals surface area contributed by atoms with Crippen molar-refractivity contribution in [3.63, 3.8) is 0 Å². The number of rotatable bonds is 5. The van der Waals surface area contributed by atoms with Crippen molar-refractivity contribution in [2.75, 3.05) is 49.6 Å². The maximum atomic E-state index is 12.6. The lowest BCUT2D eigenvalue weighted by molar-refractivity contribution is 0.102. The molecule has 29 heavy (non-hydrogen) atoms. The fourth-order valence-corrected chi connectivity index (χ4v) is 5.06. The Morgan fingerprint density at radius 2 is 1.69 bits per heavy atom. The number of nitrogens with zero attached hydrogens (tertiary/aromatic N) is 3. The predicted octanol–water partition coefficient (Wildman–Crippen LogP) is 1.95. The van der Waals surface area contributed by atoms with Crippen LogP contribution in [0.5, 0.6) is 0 Å². The predicted molar refractivity (Wildman–Crippen MR) is 110 cm³/mol. The van der Waals surface area contributed by atoms with E-state index in [9.17, 15) is 13.2 Å². The first-order valence-electron chi connectivity index (χ1n) is 9.74. The standard InChI is InChI=1S/C20H24N4O4S/c25-20(19-15-17(7-8-21-19)23-11-13-28-14-12-23)22-16-3-5-18(6-4-16)29(26,27)24-9-1-2-10-24/h3-8,15H,1-2,9-14H2,(H,22,25). The smallest absolute Gasteiger partial charge is 0.274 e. The molecule has 0 radical (unpaired) electrons. The number of hydrogen-bond acceptors (Lipinski definition) is 6. The van der Waals surface area contributed by atoms with Crippen molar-refractivity contribution < 1.29 is 17.9 Å². The van der Waals surface area contributed by atoms with Gasteiger partial charge in [0.15, 0.2) is 0 Å². The van der Waals surface area contributed by atoms with Crippen molar-refractivity contribution in [1.82, 2.24) is 9.29 Å². The van der Waals surface area contributed by atoms with Gasteiger partial charge < -0.3 is 15.0 Å². The maximum Gasteiger partial charge on any atom is 0.274 e. The normalized spacial score (nSPS) is 18.0. The molecule has 0 bridgehead atoms. The van der Waals surface area contributed by atoms with Gasteiger partial charge in [-0.05, 0) is 49.2 Å². The number of ether oxygens (including phenoxy) is 1. The van der Waals surface area contributed by atoms with Crippen LogP contribution in [-0.2, 0) is 14.8 Å². The van der Waals surface area contributed by atoms with Crippen molar-refractivity contribution in [3.05, 3.63) is 48.3 Å². The van der Waals surface area contributed by atoms with Gasteiger partial charge in [0.25, 0.3) is 5.91 Å². The van der Waals surface area contributed by atoms with E-state index in [-0.39, 0.29) is 10.8 Å². The molecule has 1 amide bonds. The Morgan fingerprint density at radius 1 is 1.00 bits per heavy atom. The third-order valence-electron chi connectivity index (χ3n) is 5.17. The number of morpholine rings is 1. The number of aromatic nitrogens is 1. The van der Waals surface area contributed by atoms with E-state index in [1.54, 1.807) is 24.4 Å². The Bertz CT molecular complexity index is 966. The monoisotopic (exact) mass is 416 g/mol. The lowest BCUT2D eigenvalue weighted by Gasteiger charge is -2.28. The molecule has 2 saturated heterocycles. The van der Waals surface area contributed by atoms with Gasteiger partial charge in [-0.15, -0.1) is 0 Å². The molecule has 3 heterocycles. The average molecular weight is 417 g/mol. The Labute approximate surface area is 170 Å². The van der Waals surface area contributed by atoms with Gasteiger partial charge in [-0.2, -0.15) is 4.31 Å². The van der Waals surface area contributed by atoms with E-state index < -0.39 is 10.0 Å². The van der Waals surface area contributed by atoms with Crippen LogP contribution in [0.2, 0.25) is 0 Å². The summed E-state index contributed by atoms with van der Waals surface area (Å²) in [5.74, 6) is -0.338. The second-order valence-electron chi connectivity index (χ2n) is 7.09. The molecule has 2 aliphatic heterocycles. The van der Waals surface area contributed by atoms with Crippen LogP contribution in [0.15, 0.2) is 47.5 Å². The van der Waals surface area contributed by atoms with Crippen molar-refractivity contribution in [2.24, 2.45) is 0 Å². The first-order chi connectivity index (χ1) is 14.0. The van der Waals surface area contributed by atoms with Crippen molar-refractivity contribution in [2.45, 2.75) is 17.7 Å². The summed E-state index contributed by atoms with van der Waals surface area (Å²) < 4.78 is 32.0. The van der Waals surface area contributed by atoms with E-state index in [0.717, 1.165) is 31.6 Å². The Balaban J connectivity index is 1.44. The molecule has 9 heteroatoms. The molecule has 1 aromatic heterocycles. The van der Waals surface area contributed by atoms with Crippen LogP contribution in [0, 0.1) is 0 Å². The molecule has 0 unspecified atom stereocenters. The molecule has 0 atom stereocenters. The number of carbonyl (C=O) groups is 1. The highest BCUT2D eigenvalue weighted by atomic mass is 32.2. The van der Waals surface area contributed by atoms with Gasteiger partial charge in [-0.25, -0.2) is 8.42 Å². The Kier molecular flexibility index (Phi) is 5.79. The lowest BCUT2D eigenvalue weighted by atomic mass is 10.2. The number of sulfonamides is 1. The molecule has 4 rings (SSSR count). The van der Waals surface area contributed by atoms with Crippen LogP contribution in [0.4, 0.5) is 11.4 Å². The molecule has 0 saturated carbocycles. The van der Waals surface area contributed by atoms with Crippen LogP contribution >= 0.6 is 0 Å². The number of amides is 1. The molecule has 1 aromatic carbocycles. The van der Waals surface area contributed by atoms with Gasteiger partial charge >= 0.3 is 0 Å². The summed E-state index contributed by atoms with van der Waals surface area (Å²) in [6, 6.07) is 9.90. The molecule has 1 N–H and O–H groups in total. The zero-order valence-electron chi connectivity index (χ0n) is 16.1. The van der Waals surface area contributed by atoms with Gasteiger partial charge in [0.05, 0.1) is 18.1 Å². The van der Waals surface area contributed by atoms with Crippen LogP contribution in [0.3, 0.4) is 0 Å². The van der Waals surface area contributed by atoms with Crippen LogP contribution in [0.25, 0.3) is 0 Å². The van der Waals surface area contributed by atoms with Crippen molar-refractivity contribution >= 4 is 27.3 Å². The quantitative estimate of drug-likeness (QED) is 0.801. The number of nitrogens with one attached hydrogen (secondary N) is 1. The first kappa shape index (κ1) is 19.8. The van der Waals surface area contributed by atoms with E-state index >= 15 is 0 Å². The Morgan fingerprint density at radius 3 is 2.38 bits per heavy atom. The van der Waals surface area contributed by atoms with Crippen LogP contribution < -0.4 is 10.2 Å². The minimum Gasteiger partial charge on any atom is -0.378 e. The largest absolute Gasteiger partial charge is 0.378 e. The van der Waals surface area contributed by atoms with Crippen LogP contribution in [-0.4, -0.2) is 63.0 Å².